The molecule has 34 heavy (non-hydrogen) atoms. The minimum Gasteiger partial charge on any atom is -0.356 e. The van der Waals surface area contributed by atoms with Crippen LogP contribution in [0.5, 0.6) is 0 Å². The summed E-state index contributed by atoms with van der Waals surface area (Å²) in [7, 11) is -4.93. The van der Waals surface area contributed by atoms with E-state index in [2.05, 4.69) is 36.3 Å². The van der Waals surface area contributed by atoms with E-state index in [1.165, 1.54) is 12.8 Å². The van der Waals surface area contributed by atoms with Crippen LogP contribution in [-0.4, -0.2) is 65.0 Å². The fourth-order valence-electron chi connectivity index (χ4n) is 6.00. The van der Waals surface area contributed by atoms with Gasteiger partial charge in [0.25, 0.3) is 0 Å². The van der Waals surface area contributed by atoms with Crippen LogP contribution in [0.25, 0.3) is 0 Å². The number of hydrogen-bond acceptors (Lipinski definition) is 9. The molecule has 4 rings (SSSR count). The Morgan fingerprint density at radius 1 is 0.971 bits per heavy atom. The van der Waals surface area contributed by atoms with Gasteiger partial charge in [-0.2, -0.15) is 8.42 Å². The van der Waals surface area contributed by atoms with Crippen molar-refractivity contribution in [3.05, 3.63) is 0 Å². The summed E-state index contributed by atoms with van der Waals surface area (Å²) in [5.41, 5.74) is 6.76. The van der Waals surface area contributed by atoms with Gasteiger partial charge < -0.3 is 16.0 Å². The van der Waals surface area contributed by atoms with Crippen LogP contribution in [0.4, 0.5) is 3.89 Å². The molecule has 1 amide bonds. The van der Waals surface area contributed by atoms with Crippen molar-refractivity contribution in [2.75, 3.05) is 26.2 Å². The molecule has 0 radical (unpaired) electrons. The van der Waals surface area contributed by atoms with Crippen molar-refractivity contribution in [3.8, 4) is 0 Å². The van der Waals surface area contributed by atoms with Gasteiger partial charge in [-0.3, -0.25) is 10.1 Å². The van der Waals surface area contributed by atoms with Crippen molar-refractivity contribution in [1.29, 1.82) is 0 Å². The summed E-state index contributed by atoms with van der Waals surface area (Å²) < 4.78 is 38.9. The van der Waals surface area contributed by atoms with Crippen LogP contribution in [0.15, 0.2) is 0 Å². The molecule has 2 heterocycles. The van der Waals surface area contributed by atoms with Gasteiger partial charge >= 0.3 is 10.5 Å². The van der Waals surface area contributed by atoms with Crippen molar-refractivity contribution in [2.24, 2.45) is 17.8 Å². The second kappa shape index (κ2) is 12.4. The number of rotatable bonds is 9. The molecule has 6 atom stereocenters. The Morgan fingerprint density at radius 2 is 1.76 bits per heavy atom. The number of hydrogen-bond donors (Lipinski definition) is 6. The molecule has 0 aromatic rings. The molecule has 2 saturated carbocycles. The van der Waals surface area contributed by atoms with Gasteiger partial charge in [0.05, 0.1) is 18.4 Å². The maximum Gasteiger partial charge on any atom is 0.437 e. The van der Waals surface area contributed by atoms with Crippen molar-refractivity contribution in [3.63, 3.8) is 0 Å². The molecule has 0 spiro atoms. The Bertz CT molecular complexity index is 768. The van der Waals surface area contributed by atoms with Gasteiger partial charge in [0.15, 0.2) is 0 Å². The van der Waals surface area contributed by atoms with Crippen LogP contribution in [0.2, 0.25) is 0 Å². The summed E-state index contributed by atoms with van der Waals surface area (Å²) in [4.78, 5) is 12.8. The van der Waals surface area contributed by atoms with Gasteiger partial charge in [-0.15, -0.1) is 0 Å². The fraction of sp³-hybridized carbons (Fsp3) is 0.955. The van der Waals surface area contributed by atoms with Gasteiger partial charge in [-0.25, -0.2) is 15.0 Å². The Morgan fingerprint density at radius 3 is 2.56 bits per heavy atom. The van der Waals surface area contributed by atoms with Crippen molar-refractivity contribution in [1.82, 2.24) is 32.1 Å². The SMILES string of the molecule is O=C(NCC1CCCC(OS(=O)(=O)F)C1)C1CCCC(NCC2NNC(C3CCNCC3)N2)C1. The summed E-state index contributed by atoms with van der Waals surface area (Å²) in [6, 6.07) is 0.313. The lowest BCUT2D eigenvalue weighted by Gasteiger charge is -2.31. The Kier molecular flexibility index (Phi) is 9.53. The molecular weight excluding hydrogens is 463 g/mol. The van der Waals surface area contributed by atoms with Gasteiger partial charge in [0, 0.05) is 25.0 Å². The Balaban J connectivity index is 1.14. The minimum atomic E-state index is -4.93. The predicted octanol–water partition coefficient (Wildman–Crippen LogP) is 0.390. The van der Waals surface area contributed by atoms with E-state index in [0.717, 1.165) is 58.2 Å². The quantitative estimate of drug-likeness (QED) is 0.247. The molecule has 2 aliphatic heterocycles. The number of amides is 1. The average Bonchev–Trinajstić information content (AvgIpc) is 3.30. The molecule has 4 aliphatic rings. The molecule has 2 aliphatic carbocycles. The van der Waals surface area contributed by atoms with Crippen LogP contribution < -0.4 is 32.1 Å². The summed E-state index contributed by atoms with van der Waals surface area (Å²) in [6.07, 6.45) is 8.63. The zero-order chi connectivity index (χ0) is 24.0. The first-order valence-corrected chi connectivity index (χ1v) is 14.3. The first kappa shape index (κ1) is 26.2. The lowest BCUT2D eigenvalue weighted by Crippen LogP contribution is -2.49. The third-order valence-corrected chi connectivity index (χ3v) is 8.36. The van der Waals surface area contributed by atoms with Crippen molar-refractivity contribution >= 4 is 16.4 Å². The fourth-order valence-corrected chi connectivity index (χ4v) is 6.50. The number of nitrogens with one attached hydrogen (secondary N) is 6. The van der Waals surface area contributed by atoms with Crippen LogP contribution in [0, 0.1) is 17.8 Å². The van der Waals surface area contributed by atoms with E-state index >= 15 is 0 Å². The lowest BCUT2D eigenvalue weighted by atomic mass is 9.84. The highest BCUT2D eigenvalue weighted by molar-refractivity contribution is 7.81. The van der Waals surface area contributed by atoms with Crippen LogP contribution in [0.3, 0.4) is 0 Å². The number of piperidine rings is 1. The third-order valence-electron chi connectivity index (χ3n) is 7.86. The zero-order valence-electron chi connectivity index (χ0n) is 19.9. The normalized spacial score (nSPS) is 35.8. The molecule has 196 valence electrons. The number of carbonyl (C=O) groups is 1. The van der Waals surface area contributed by atoms with Gasteiger partial charge in [-0.05, 0) is 76.3 Å². The second-order valence-electron chi connectivity index (χ2n) is 10.4. The summed E-state index contributed by atoms with van der Waals surface area (Å²) in [5, 5.41) is 13.8. The Hall–Kier alpha value is -0.890. The molecule has 0 aromatic heterocycles. The number of carbonyl (C=O) groups excluding carboxylic acids is 1. The standard InChI is InChI=1S/C22H41FN6O4S/c23-34(31,32)33-19-6-1-3-15(11-19)13-26-22(30)17-4-2-5-18(12-17)25-14-20-27-21(29-28-20)16-7-9-24-10-8-16/h15-21,24-25,27-29H,1-14H2,(H,26,30). The van der Waals surface area contributed by atoms with E-state index in [1.54, 1.807) is 0 Å². The molecule has 6 unspecified atom stereocenters. The van der Waals surface area contributed by atoms with Crippen molar-refractivity contribution in [2.45, 2.75) is 88.7 Å². The smallest absolute Gasteiger partial charge is 0.356 e. The number of halogens is 1. The van der Waals surface area contributed by atoms with Crippen LogP contribution >= 0.6 is 0 Å². The largest absolute Gasteiger partial charge is 0.437 e. The van der Waals surface area contributed by atoms with Gasteiger partial charge in [0.1, 0.15) is 0 Å². The van der Waals surface area contributed by atoms with E-state index in [-0.39, 0.29) is 23.9 Å². The highest BCUT2D eigenvalue weighted by Crippen LogP contribution is 2.28. The third kappa shape index (κ3) is 8.07. The maximum atomic E-state index is 12.8. The van der Waals surface area contributed by atoms with Gasteiger partial charge in [0.2, 0.25) is 5.91 Å². The highest BCUT2D eigenvalue weighted by atomic mass is 32.3. The van der Waals surface area contributed by atoms with Crippen molar-refractivity contribution < 1.29 is 21.3 Å². The van der Waals surface area contributed by atoms with Gasteiger partial charge in [-0.1, -0.05) is 16.7 Å². The molecule has 12 heteroatoms. The minimum absolute atomic E-state index is 0.0155. The topological polar surface area (TPSA) is 133 Å². The van der Waals surface area contributed by atoms with E-state index in [4.69, 9.17) is 0 Å². The predicted molar refractivity (Wildman–Crippen MR) is 126 cm³/mol. The van der Waals surface area contributed by atoms with E-state index in [1.807, 2.05) is 0 Å². The van der Waals surface area contributed by atoms with E-state index in [9.17, 15) is 17.1 Å². The average molecular weight is 505 g/mol. The first-order valence-electron chi connectivity index (χ1n) is 13.0. The van der Waals surface area contributed by atoms with Crippen LogP contribution in [0.1, 0.15) is 64.2 Å². The highest BCUT2D eigenvalue weighted by Gasteiger charge is 2.32. The molecule has 0 aromatic carbocycles. The Labute approximate surface area is 202 Å². The lowest BCUT2D eigenvalue weighted by molar-refractivity contribution is -0.126. The monoisotopic (exact) mass is 504 g/mol. The van der Waals surface area contributed by atoms with Crippen LogP contribution in [-0.2, 0) is 19.5 Å². The molecule has 0 bridgehead atoms. The molecule has 6 N–H and O–H groups in total. The molecule has 2 saturated heterocycles. The van der Waals surface area contributed by atoms with E-state index < -0.39 is 16.6 Å². The summed E-state index contributed by atoms with van der Waals surface area (Å²) in [5.74, 6) is 0.798. The second-order valence-corrected chi connectivity index (χ2v) is 11.4. The molecular formula is C22H41FN6O4S. The first-order chi connectivity index (χ1) is 16.4. The zero-order valence-corrected chi connectivity index (χ0v) is 20.7. The molecule has 4 fully saturated rings. The maximum absolute atomic E-state index is 12.8. The molecule has 10 nitrogen and oxygen atoms in total. The summed E-state index contributed by atoms with van der Waals surface area (Å²) >= 11 is 0. The summed E-state index contributed by atoms with van der Waals surface area (Å²) in [6.45, 7) is 3.44. The number of hydrazine groups is 1. The van der Waals surface area contributed by atoms with E-state index in [0.29, 0.717) is 37.5 Å².